The largest absolute Gasteiger partial charge is 0.302 e. The van der Waals surface area contributed by atoms with E-state index in [1.54, 1.807) is 0 Å². The zero-order chi connectivity index (χ0) is 9.35. The molecule has 0 saturated heterocycles. The van der Waals surface area contributed by atoms with Gasteiger partial charge in [-0.05, 0) is 26.3 Å². The van der Waals surface area contributed by atoms with E-state index < -0.39 is 0 Å². The van der Waals surface area contributed by atoms with Gasteiger partial charge in [-0.1, -0.05) is 6.58 Å². The molecule has 0 bridgehead atoms. The molecule has 3 nitrogen and oxygen atoms in total. The standard InChI is InChI=1S/C9H13N3/c1-6(2)8-7(5-10)9(3,4)12-11-8/h7,12H,1H2,2-4H3. The van der Waals surface area contributed by atoms with Crippen molar-refractivity contribution in [2.75, 3.05) is 0 Å². The molecule has 3 heteroatoms. The Hall–Kier alpha value is -1.30. The predicted molar refractivity (Wildman–Crippen MR) is 48.6 cm³/mol. The van der Waals surface area contributed by atoms with Gasteiger partial charge in [0.2, 0.25) is 0 Å². The molecule has 1 atom stereocenters. The summed E-state index contributed by atoms with van der Waals surface area (Å²) < 4.78 is 0. The van der Waals surface area contributed by atoms with Gasteiger partial charge in [0.15, 0.2) is 0 Å². The van der Waals surface area contributed by atoms with Crippen molar-refractivity contribution in [1.82, 2.24) is 5.43 Å². The number of nitrogens with one attached hydrogen (secondary N) is 1. The maximum atomic E-state index is 8.91. The highest BCUT2D eigenvalue weighted by Crippen LogP contribution is 2.25. The molecule has 1 aliphatic rings. The van der Waals surface area contributed by atoms with E-state index in [1.165, 1.54) is 0 Å². The summed E-state index contributed by atoms with van der Waals surface area (Å²) in [6.07, 6.45) is 0. The molecule has 1 heterocycles. The van der Waals surface area contributed by atoms with Crippen molar-refractivity contribution in [3.63, 3.8) is 0 Å². The van der Waals surface area contributed by atoms with Crippen LogP contribution in [-0.4, -0.2) is 11.3 Å². The molecule has 1 N–H and O–H groups in total. The molecular formula is C9H13N3. The van der Waals surface area contributed by atoms with Gasteiger partial charge in [-0.3, -0.25) is 0 Å². The normalized spacial score (nSPS) is 25.5. The lowest BCUT2D eigenvalue weighted by Gasteiger charge is -2.21. The summed E-state index contributed by atoms with van der Waals surface area (Å²) in [5.74, 6) is -0.185. The number of hydrogen-bond donors (Lipinski definition) is 1. The third-order valence-electron chi connectivity index (χ3n) is 2.03. The topological polar surface area (TPSA) is 48.2 Å². The summed E-state index contributed by atoms with van der Waals surface area (Å²) in [5.41, 5.74) is 4.31. The molecule has 0 aromatic heterocycles. The summed E-state index contributed by atoms with van der Waals surface area (Å²) in [6, 6.07) is 2.23. The lowest BCUT2D eigenvalue weighted by Crippen LogP contribution is -2.39. The van der Waals surface area contributed by atoms with Crippen LogP contribution < -0.4 is 5.43 Å². The Kier molecular flexibility index (Phi) is 1.93. The van der Waals surface area contributed by atoms with Gasteiger partial charge in [0.1, 0.15) is 5.92 Å². The van der Waals surface area contributed by atoms with Crippen LogP contribution in [0.5, 0.6) is 0 Å². The monoisotopic (exact) mass is 163 g/mol. The number of hydrogen-bond acceptors (Lipinski definition) is 3. The zero-order valence-corrected chi connectivity index (χ0v) is 7.68. The Morgan fingerprint density at radius 1 is 1.75 bits per heavy atom. The Morgan fingerprint density at radius 2 is 2.33 bits per heavy atom. The molecule has 64 valence electrons. The van der Waals surface area contributed by atoms with E-state index in [4.69, 9.17) is 5.26 Å². The van der Waals surface area contributed by atoms with Crippen LogP contribution in [0.4, 0.5) is 0 Å². The predicted octanol–water partition coefficient (Wildman–Crippen LogP) is 1.44. The molecule has 0 aromatic carbocycles. The average Bonchev–Trinajstić information content (AvgIpc) is 2.24. The Balaban J connectivity index is 2.97. The molecule has 1 unspecified atom stereocenters. The molecule has 1 aliphatic heterocycles. The van der Waals surface area contributed by atoms with Crippen LogP contribution in [0.3, 0.4) is 0 Å². The highest BCUT2D eigenvalue weighted by Gasteiger charge is 2.38. The minimum Gasteiger partial charge on any atom is -0.302 e. The van der Waals surface area contributed by atoms with Crippen LogP contribution in [0.2, 0.25) is 0 Å². The smallest absolute Gasteiger partial charge is 0.114 e. The van der Waals surface area contributed by atoms with Crippen molar-refractivity contribution in [2.45, 2.75) is 26.3 Å². The van der Waals surface area contributed by atoms with Crippen molar-refractivity contribution in [3.8, 4) is 6.07 Å². The molecule has 0 radical (unpaired) electrons. The molecule has 0 fully saturated rings. The first-order valence-electron chi connectivity index (χ1n) is 3.89. The van der Waals surface area contributed by atoms with Crippen LogP contribution in [0.1, 0.15) is 20.8 Å². The fourth-order valence-electron chi connectivity index (χ4n) is 1.24. The first-order chi connectivity index (χ1) is 5.49. The zero-order valence-electron chi connectivity index (χ0n) is 7.68. The maximum Gasteiger partial charge on any atom is 0.114 e. The molecule has 0 spiro atoms. The van der Waals surface area contributed by atoms with Gasteiger partial charge < -0.3 is 5.43 Å². The molecule has 0 aliphatic carbocycles. The van der Waals surface area contributed by atoms with E-state index in [0.29, 0.717) is 0 Å². The number of hydrazone groups is 1. The molecule has 0 amide bonds. The fraction of sp³-hybridized carbons (Fsp3) is 0.556. The Bertz CT molecular complexity index is 281. The van der Waals surface area contributed by atoms with Gasteiger partial charge in [-0.15, -0.1) is 0 Å². The van der Waals surface area contributed by atoms with Crippen LogP contribution >= 0.6 is 0 Å². The highest BCUT2D eigenvalue weighted by atomic mass is 15.4. The van der Waals surface area contributed by atoms with Gasteiger partial charge in [0.25, 0.3) is 0 Å². The minimum absolute atomic E-state index is 0.185. The number of allylic oxidation sites excluding steroid dienone is 1. The van der Waals surface area contributed by atoms with Crippen LogP contribution in [0.15, 0.2) is 17.3 Å². The third kappa shape index (κ3) is 1.20. The van der Waals surface area contributed by atoms with Gasteiger partial charge in [-0.25, -0.2) is 0 Å². The summed E-state index contributed by atoms with van der Waals surface area (Å²) in [6.45, 7) is 9.56. The van der Waals surface area contributed by atoms with Crippen LogP contribution in [0.25, 0.3) is 0 Å². The quantitative estimate of drug-likeness (QED) is 0.635. The minimum atomic E-state index is -0.261. The second-order valence-electron chi connectivity index (χ2n) is 3.67. The summed E-state index contributed by atoms with van der Waals surface area (Å²) in [4.78, 5) is 0. The van der Waals surface area contributed by atoms with Gasteiger partial charge >= 0.3 is 0 Å². The molecule has 12 heavy (non-hydrogen) atoms. The number of rotatable bonds is 1. The van der Waals surface area contributed by atoms with E-state index in [2.05, 4.69) is 23.2 Å². The van der Waals surface area contributed by atoms with E-state index in [-0.39, 0.29) is 11.5 Å². The highest BCUT2D eigenvalue weighted by molar-refractivity contribution is 6.04. The molecule has 0 aromatic rings. The van der Waals surface area contributed by atoms with Crippen LogP contribution in [-0.2, 0) is 0 Å². The van der Waals surface area contributed by atoms with Crippen molar-refractivity contribution in [1.29, 1.82) is 5.26 Å². The Labute approximate surface area is 72.8 Å². The third-order valence-corrected chi connectivity index (χ3v) is 2.03. The molecular weight excluding hydrogens is 150 g/mol. The fourth-order valence-corrected chi connectivity index (χ4v) is 1.24. The number of nitrogens with zero attached hydrogens (tertiary/aromatic N) is 2. The number of nitriles is 1. The van der Waals surface area contributed by atoms with Crippen molar-refractivity contribution >= 4 is 5.71 Å². The lowest BCUT2D eigenvalue weighted by atomic mass is 9.85. The first-order valence-corrected chi connectivity index (χ1v) is 3.89. The summed E-state index contributed by atoms with van der Waals surface area (Å²) in [7, 11) is 0. The second-order valence-corrected chi connectivity index (χ2v) is 3.67. The van der Waals surface area contributed by atoms with Gasteiger partial charge in [0.05, 0.1) is 17.3 Å². The first kappa shape index (κ1) is 8.79. The van der Waals surface area contributed by atoms with Gasteiger partial charge in [-0.2, -0.15) is 10.4 Å². The summed E-state index contributed by atoms with van der Waals surface area (Å²) in [5, 5.41) is 13.0. The SMILES string of the molecule is C=C(C)C1=NNC(C)(C)C1C#N. The van der Waals surface area contributed by atoms with Crippen molar-refractivity contribution < 1.29 is 0 Å². The van der Waals surface area contributed by atoms with Crippen molar-refractivity contribution in [3.05, 3.63) is 12.2 Å². The maximum absolute atomic E-state index is 8.91. The molecule has 0 saturated carbocycles. The lowest BCUT2D eigenvalue weighted by molar-refractivity contribution is 0.397. The van der Waals surface area contributed by atoms with E-state index in [1.807, 2.05) is 20.8 Å². The van der Waals surface area contributed by atoms with Crippen molar-refractivity contribution in [2.24, 2.45) is 11.0 Å². The van der Waals surface area contributed by atoms with Gasteiger partial charge in [0, 0.05) is 0 Å². The average molecular weight is 163 g/mol. The Morgan fingerprint density at radius 3 is 2.67 bits per heavy atom. The van der Waals surface area contributed by atoms with E-state index in [9.17, 15) is 0 Å². The molecule has 1 rings (SSSR count). The second kappa shape index (κ2) is 2.63. The van der Waals surface area contributed by atoms with E-state index in [0.717, 1.165) is 11.3 Å². The van der Waals surface area contributed by atoms with Crippen LogP contribution in [0, 0.1) is 17.2 Å². The summed E-state index contributed by atoms with van der Waals surface area (Å²) >= 11 is 0. The van der Waals surface area contributed by atoms with E-state index >= 15 is 0 Å².